The number of rotatable bonds is 5. The molecular weight excluding hydrogens is 372 g/mol. The van der Waals surface area contributed by atoms with Crippen LogP contribution in [0.25, 0.3) is 0 Å². The highest BCUT2D eigenvalue weighted by atomic mass is 32.1. The van der Waals surface area contributed by atoms with E-state index in [9.17, 15) is 0 Å². The smallest absolute Gasteiger partial charge is 0.232 e. The molecule has 0 aliphatic carbocycles. The predicted molar refractivity (Wildman–Crippen MR) is 117 cm³/mol. The fourth-order valence-electron chi connectivity index (χ4n) is 4.21. The van der Waals surface area contributed by atoms with E-state index in [2.05, 4.69) is 26.5 Å². The van der Waals surface area contributed by atoms with Crippen LogP contribution in [0.1, 0.15) is 51.4 Å². The molecule has 1 aromatic heterocycles. The van der Waals surface area contributed by atoms with Gasteiger partial charge in [0.25, 0.3) is 0 Å². The molecule has 1 atom stereocenters. The zero-order valence-corrected chi connectivity index (χ0v) is 17.5. The molecule has 0 aromatic carbocycles. The van der Waals surface area contributed by atoms with Crippen molar-refractivity contribution in [2.75, 3.05) is 54.4 Å². The summed E-state index contributed by atoms with van der Waals surface area (Å²) in [7, 11) is 0. The van der Waals surface area contributed by atoms with Gasteiger partial charge >= 0.3 is 0 Å². The summed E-state index contributed by atoms with van der Waals surface area (Å²) in [5.41, 5.74) is 0. The Balaban J connectivity index is 1.46. The Kier molecular flexibility index (Phi) is 6.80. The molecule has 4 rings (SSSR count). The zero-order valence-electron chi connectivity index (χ0n) is 16.7. The van der Waals surface area contributed by atoms with Crippen LogP contribution in [0.15, 0.2) is 6.07 Å². The molecule has 4 heterocycles. The lowest BCUT2D eigenvalue weighted by Gasteiger charge is -2.25. The van der Waals surface area contributed by atoms with E-state index in [1.807, 2.05) is 0 Å². The second-order valence-corrected chi connectivity index (χ2v) is 8.38. The van der Waals surface area contributed by atoms with Crippen molar-refractivity contribution < 1.29 is 4.74 Å². The molecule has 0 unspecified atom stereocenters. The molecule has 28 heavy (non-hydrogen) atoms. The minimum Gasteiger partial charge on any atom is -0.376 e. The largest absolute Gasteiger partial charge is 0.376 e. The van der Waals surface area contributed by atoms with Gasteiger partial charge < -0.3 is 25.2 Å². The highest BCUT2D eigenvalue weighted by Crippen LogP contribution is 2.26. The lowest BCUT2D eigenvalue weighted by atomic mass is 10.2. The Labute approximate surface area is 173 Å². The minimum atomic E-state index is 0.254. The molecule has 1 aromatic rings. The molecule has 3 saturated heterocycles. The van der Waals surface area contributed by atoms with Crippen LogP contribution in [0, 0.1) is 0 Å². The van der Waals surface area contributed by atoms with Crippen molar-refractivity contribution in [3.63, 3.8) is 0 Å². The van der Waals surface area contributed by atoms with E-state index >= 15 is 0 Å². The van der Waals surface area contributed by atoms with Crippen LogP contribution in [0.2, 0.25) is 0 Å². The third kappa shape index (κ3) is 5.23. The number of anilines is 3. The van der Waals surface area contributed by atoms with Gasteiger partial charge in [0.2, 0.25) is 5.95 Å². The summed E-state index contributed by atoms with van der Waals surface area (Å²) in [6, 6.07) is 2.16. The van der Waals surface area contributed by atoms with Gasteiger partial charge in [0, 0.05) is 45.4 Å². The van der Waals surface area contributed by atoms with E-state index in [1.54, 1.807) is 0 Å². The van der Waals surface area contributed by atoms with Crippen LogP contribution in [0.3, 0.4) is 0 Å². The molecular formula is C20H32N6OS. The van der Waals surface area contributed by atoms with Gasteiger partial charge in [0.1, 0.15) is 11.6 Å². The van der Waals surface area contributed by atoms with Gasteiger partial charge in [-0.25, -0.2) is 0 Å². The first-order valence-electron chi connectivity index (χ1n) is 10.8. The first kappa shape index (κ1) is 19.6. The molecule has 0 bridgehead atoms. The Morgan fingerprint density at radius 2 is 1.57 bits per heavy atom. The van der Waals surface area contributed by atoms with Crippen molar-refractivity contribution in [2.24, 2.45) is 0 Å². The SMILES string of the molecule is S=C(NC[C@@H]1CCCO1)Nc1nc(N2CCCCCC2)cc(N2CCCC2)n1. The second kappa shape index (κ2) is 9.69. The molecule has 8 heteroatoms. The number of hydrogen-bond acceptors (Lipinski definition) is 6. The number of ether oxygens (including phenoxy) is 1. The molecule has 0 amide bonds. The van der Waals surface area contributed by atoms with E-state index in [-0.39, 0.29) is 6.10 Å². The van der Waals surface area contributed by atoms with E-state index in [4.69, 9.17) is 26.9 Å². The lowest BCUT2D eigenvalue weighted by Crippen LogP contribution is -2.35. The highest BCUT2D eigenvalue weighted by Gasteiger charge is 2.20. The summed E-state index contributed by atoms with van der Waals surface area (Å²) in [4.78, 5) is 14.3. The number of aromatic nitrogens is 2. The number of nitrogens with one attached hydrogen (secondary N) is 2. The van der Waals surface area contributed by atoms with Gasteiger partial charge in [0.15, 0.2) is 5.11 Å². The average Bonchev–Trinajstić information content (AvgIpc) is 3.36. The van der Waals surface area contributed by atoms with E-state index in [0.29, 0.717) is 11.1 Å². The highest BCUT2D eigenvalue weighted by molar-refractivity contribution is 7.80. The first-order valence-corrected chi connectivity index (χ1v) is 11.2. The molecule has 154 valence electrons. The Morgan fingerprint density at radius 1 is 0.964 bits per heavy atom. The monoisotopic (exact) mass is 404 g/mol. The molecule has 3 fully saturated rings. The summed E-state index contributed by atoms with van der Waals surface area (Å²) in [5.74, 6) is 2.62. The van der Waals surface area contributed by atoms with Crippen LogP contribution in [-0.2, 0) is 4.74 Å². The van der Waals surface area contributed by atoms with E-state index in [1.165, 1.54) is 38.5 Å². The van der Waals surface area contributed by atoms with Gasteiger partial charge in [-0.1, -0.05) is 12.8 Å². The Hall–Kier alpha value is -1.67. The van der Waals surface area contributed by atoms with Crippen LogP contribution < -0.4 is 20.4 Å². The maximum atomic E-state index is 5.66. The number of thiocarbonyl (C=S) groups is 1. The minimum absolute atomic E-state index is 0.254. The van der Waals surface area contributed by atoms with Crippen molar-refractivity contribution in [2.45, 2.75) is 57.5 Å². The normalized spacial score (nSPS) is 22.9. The van der Waals surface area contributed by atoms with Gasteiger partial charge in [0.05, 0.1) is 6.10 Å². The number of hydrogen-bond donors (Lipinski definition) is 2. The summed E-state index contributed by atoms with van der Waals surface area (Å²) >= 11 is 5.49. The van der Waals surface area contributed by atoms with E-state index in [0.717, 1.165) is 63.8 Å². The van der Waals surface area contributed by atoms with Gasteiger partial charge in [-0.3, -0.25) is 0 Å². The van der Waals surface area contributed by atoms with Crippen molar-refractivity contribution in [1.82, 2.24) is 15.3 Å². The molecule has 0 spiro atoms. The molecule has 0 radical (unpaired) electrons. The molecule has 0 saturated carbocycles. The Bertz CT molecular complexity index is 652. The second-order valence-electron chi connectivity index (χ2n) is 7.97. The van der Waals surface area contributed by atoms with Crippen molar-refractivity contribution >= 4 is 34.9 Å². The Morgan fingerprint density at radius 3 is 2.14 bits per heavy atom. The summed E-state index contributed by atoms with van der Waals surface area (Å²) in [5, 5.41) is 7.04. The van der Waals surface area contributed by atoms with E-state index < -0.39 is 0 Å². The van der Waals surface area contributed by atoms with Crippen LogP contribution >= 0.6 is 12.2 Å². The van der Waals surface area contributed by atoms with Crippen molar-refractivity contribution in [1.29, 1.82) is 0 Å². The van der Waals surface area contributed by atoms with Gasteiger partial charge in [-0.2, -0.15) is 9.97 Å². The summed E-state index contributed by atoms with van der Waals surface area (Å²) in [6.45, 7) is 5.85. The molecule has 3 aliphatic rings. The molecule has 2 N–H and O–H groups in total. The van der Waals surface area contributed by atoms with Crippen LogP contribution in [-0.4, -0.2) is 60.5 Å². The quantitative estimate of drug-likeness (QED) is 0.727. The maximum absolute atomic E-state index is 5.66. The fourth-order valence-corrected chi connectivity index (χ4v) is 4.38. The third-order valence-electron chi connectivity index (χ3n) is 5.80. The topological polar surface area (TPSA) is 65.6 Å². The lowest BCUT2D eigenvalue weighted by molar-refractivity contribution is 0.114. The third-order valence-corrected chi connectivity index (χ3v) is 6.05. The fraction of sp³-hybridized carbons (Fsp3) is 0.750. The van der Waals surface area contributed by atoms with Crippen molar-refractivity contribution in [3.8, 4) is 0 Å². The first-order chi connectivity index (χ1) is 13.8. The van der Waals surface area contributed by atoms with Gasteiger partial charge in [-0.05, 0) is 50.7 Å². The maximum Gasteiger partial charge on any atom is 0.232 e. The predicted octanol–water partition coefficient (Wildman–Crippen LogP) is 2.92. The molecule has 3 aliphatic heterocycles. The molecule has 7 nitrogen and oxygen atoms in total. The zero-order chi connectivity index (χ0) is 19.2. The average molecular weight is 405 g/mol. The number of nitrogens with zero attached hydrogens (tertiary/aromatic N) is 4. The van der Waals surface area contributed by atoms with Crippen LogP contribution in [0.5, 0.6) is 0 Å². The van der Waals surface area contributed by atoms with Gasteiger partial charge in [-0.15, -0.1) is 0 Å². The summed E-state index contributed by atoms with van der Waals surface area (Å²) in [6.07, 6.45) is 10.0. The summed E-state index contributed by atoms with van der Waals surface area (Å²) < 4.78 is 5.66. The van der Waals surface area contributed by atoms with Crippen LogP contribution in [0.4, 0.5) is 17.6 Å². The standard InChI is InChI=1S/C20H32N6OS/c28-20(21-15-16-8-7-13-27-16)24-19-22-17(25-9-3-1-2-4-10-25)14-18(23-19)26-11-5-6-12-26/h14,16H,1-13,15H2,(H2,21,22,23,24,28)/t16-/m0/s1. The van der Waals surface area contributed by atoms with Crippen molar-refractivity contribution in [3.05, 3.63) is 6.07 Å².